The average Bonchev–Trinajstić information content (AvgIpc) is 3.49. The van der Waals surface area contributed by atoms with Gasteiger partial charge in [-0.1, -0.05) is 36.4 Å². The van der Waals surface area contributed by atoms with Crippen molar-refractivity contribution in [3.63, 3.8) is 0 Å². The smallest absolute Gasteiger partial charge is 0.322 e. The molecule has 1 atom stereocenters. The Balaban J connectivity index is 1.54. The number of methoxy groups -OCH3 is 1. The summed E-state index contributed by atoms with van der Waals surface area (Å²) < 4.78 is 9.70. The third-order valence-corrected chi connectivity index (χ3v) is 7.23. The maximum absolute atomic E-state index is 14.2. The van der Waals surface area contributed by atoms with E-state index in [0.717, 1.165) is 56.6 Å². The van der Waals surface area contributed by atoms with Gasteiger partial charge in [0.05, 0.1) is 36.8 Å². The number of nitrogens with one attached hydrogen (secondary N) is 1. The van der Waals surface area contributed by atoms with Gasteiger partial charge in [-0.15, -0.1) is 0 Å². The van der Waals surface area contributed by atoms with Crippen molar-refractivity contribution < 1.29 is 9.53 Å². The number of nitrogens with zero attached hydrogens (tertiary/aromatic N) is 4. The highest BCUT2D eigenvalue weighted by Crippen LogP contribution is 2.39. The molecule has 1 aliphatic heterocycles. The first-order valence-electron chi connectivity index (χ1n) is 13.0. The molecule has 0 saturated heterocycles. The molecule has 1 aliphatic rings. The monoisotopic (exact) mass is 517 g/mol. The van der Waals surface area contributed by atoms with Gasteiger partial charge in [0, 0.05) is 17.4 Å². The minimum absolute atomic E-state index is 0.180. The normalized spacial score (nSPS) is 14.4. The number of urea groups is 1. The van der Waals surface area contributed by atoms with Gasteiger partial charge in [0.15, 0.2) is 0 Å². The molecule has 1 N–H and O–H groups in total. The fourth-order valence-electron chi connectivity index (χ4n) is 5.55. The highest BCUT2D eigenvalue weighted by molar-refractivity contribution is 5.90. The number of hydrogen-bond acceptors (Lipinski definition) is 3. The van der Waals surface area contributed by atoms with E-state index in [1.54, 1.807) is 7.11 Å². The Hall–Kier alpha value is -4.78. The van der Waals surface area contributed by atoms with Gasteiger partial charge in [-0.3, -0.25) is 0 Å². The van der Waals surface area contributed by atoms with Gasteiger partial charge < -0.3 is 19.5 Å². The van der Waals surface area contributed by atoms with Crippen LogP contribution in [0.15, 0.2) is 91.1 Å². The molecule has 196 valence electrons. The first-order chi connectivity index (χ1) is 18.9. The summed E-state index contributed by atoms with van der Waals surface area (Å²) in [7, 11) is 1.66. The van der Waals surface area contributed by atoms with E-state index in [9.17, 15) is 4.79 Å². The molecule has 5 aromatic rings. The molecular formula is C32H31N5O2. The topological polar surface area (TPSA) is 64.3 Å². The maximum atomic E-state index is 14.2. The zero-order valence-corrected chi connectivity index (χ0v) is 22.6. The number of amides is 2. The van der Waals surface area contributed by atoms with Gasteiger partial charge in [-0.05, 0) is 86.0 Å². The van der Waals surface area contributed by atoms with Crippen LogP contribution in [0.3, 0.4) is 0 Å². The second-order valence-electron chi connectivity index (χ2n) is 10.1. The van der Waals surface area contributed by atoms with E-state index in [0.29, 0.717) is 6.54 Å². The summed E-state index contributed by atoms with van der Waals surface area (Å²) in [5, 5.41) is 8.11. The molecule has 0 bridgehead atoms. The molecule has 0 spiro atoms. The van der Waals surface area contributed by atoms with Gasteiger partial charge in [-0.25, -0.2) is 9.48 Å². The maximum Gasteiger partial charge on any atom is 0.322 e. The Morgan fingerprint density at radius 2 is 1.69 bits per heavy atom. The highest BCUT2D eigenvalue weighted by atomic mass is 16.5. The second kappa shape index (κ2) is 9.83. The van der Waals surface area contributed by atoms with Crippen molar-refractivity contribution in [1.29, 1.82) is 0 Å². The van der Waals surface area contributed by atoms with E-state index in [4.69, 9.17) is 9.84 Å². The lowest BCUT2D eigenvalue weighted by molar-refractivity contribution is 0.194. The molecule has 0 radical (unpaired) electrons. The quantitative estimate of drug-likeness (QED) is 0.287. The van der Waals surface area contributed by atoms with Crippen LogP contribution in [-0.4, -0.2) is 32.4 Å². The molecule has 3 aromatic carbocycles. The molecule has 0 unspecified atom stereocenters. The zero-order valence-electron chi connectivity index (χ0n) is 22.6. The summed E-state index contributed by atoms with van der Waals surface area (Å²) in [6.07, 6.45) is 2.05. The molecule has 39 heavy (non-hydrogen) atoms. The summed E-state index contributed by atoms with van der Waals surface area (Å²) in [6.45, 7) is 6.46. The first kappa shape index (κ1) is 24.6. The SMILES string of the molecule is COc1cccc([C@H]2c3cccn3-c3c(c(C)nn3-c3ccccc3)CN2C(=O)Nc2cc(C)cc(C)c2)c1. The first-order valence-corrected chi connectivity index (χ1v) is 13.0. The van der Waals surface area contributed by atoms with Gasteiger partial charge in [-0.2, -0.15) is 5.10 Å². The Morgan fingerprint density at radius 1 is 0.923 bits per heavy atom. The predicted molar refractivity (Wildman–Crippen MR) is 153 cm³/mol. The summed E-state index contributed by atoms with van der Waals surface area (Å²) >= 11 is 0. The molecule has 7 nitrogen and oxygen atoms in total. The Kier molecular flexibility index (Phi) is 6.19. The number of aryl methyl sites for hydroxylation is 3. The van der Waals surface area contributed by atoms with Crippen LogP contribution in [0.5, 0.6) is 5.75 Å². The number of carbonyl (C=O) groups is 1. The molecule has 0 saturated carbocycles. The summed E-state index contributed by atoms with van der Waals surface area (Å²) in [6, 6.07) is 27.7. The zero-order chi connectivity index (χ0) is 27.1. The molecule has 3 heterocycles. The molecule has 0 fully saturated rings. The Morgan fingerprint density at radius 3 is 2.44 bits per heavy atom. The van der Waals surface area contributed by atoms with Crippen LogP contribution in [0.4, 0.5) is 10.5 Å². The number of fused-ring (bicyclic) bond motifs is 3. The molecule has 2 amide bonds. The molecule has 7 heteroatoms. The van der Waals surface area contributed by atoms with E-state index in [2.05, 4.69) is 22.0 Å². The number of anilines is 1. The largest absolute Gasteiger partial charge is 0.497 e. The molecule has 6 rings (SSSR count). The third kappa shape index (κ3) is 4.46. The van der Waals surface area contributed by atoms with Crippen LogP contribution >= 0.6 is 0 Å². The number of carbonyl (C=O) groups excluding carboxylic acids is 1. The van der Waals surface area contributed by atoms with Crippen LogP contribution < -0.4 is 10.1 Å². The van der Waals surface area contributed by atoms with Crippen molar-refractivity contribution in [2.45, 2.75) is 33.4 Å². The lowest BCUT2D eigenvalue weighted by Gasteiger charge is -2.31. The van der Waals surface area contributed by atoms with Crippen molar-refractivity contribution in [2.75, 3.05) is 12.4 Å². The van der Waals surface area contributed by atoms with Crippen LogP contribution in [0.1, 0.15) is 39.7 Å². The van der Waals surface area contributed by atoms with Crippen molar-refractivity contribution in [2.24, 2.45) is 0 Å². The van der Waals surface area contributed by atoms with E-state index in [-0.39, 0.29) is 12.1 Å². The van der Waals surface area contributed by atoms with E-state index < -0.39 is 0 Å². The fourth-order valence-corrected chi connectivity index (χ4v) is 5.55. The number of para-hydroxylation sites is 1. The Bertz CT molecular complexity index is 1650. The minimum atomic E-state index is -0.364. The van der Waals surface area contributed by atoms with Crippen molar-refractivity contribution in [1.82, 2.24) is 19.2 Å². The highest BCUT2D eigenvalue weighted by Gasteiger charge is 2.36. The number of benzene rings is 3. The van der Waals surface area contributed by atoms with Gasteiger partial charge in [0.1, 0.15) is 11.6 Å². The minimum Gasteiger partial charge on any atom is -0.497 e. The summed E-state index contributed by atoms with van der Waals surface area (Å²) in [5.74, 6) is 1.68. The van der Waals surface area contributed by atoms with Crippen LogP contribution in [0, 0.1) is 20.8 Å². The molecule has 0 aliphatic carbocycles. The molecule has 2 aromatic heterocycles. The summed E-state index contributed by atoms with van der Waals surface area (Å²) in [5.41, 5.74) is 7.75. The summed E-state index contributed by atoms with van der Waals surface area (Å²) in [4.78, 5) is 16.1. The van der Waals surface area contributed by atoms with Crippen LogP contribution in [0.25, 0.3) is 11.5 Å². The number of ether oxygens (including phenoxy) is 1. The average molecular weight is 518 g/mol. The third-order valence-electron chi connectivity index (χ3n) is 7.23. The van der Waals surface area contributed by atoms with Gasteiger partial charge in [0.2, 0.25) is 0 Å². The fraction of sp³-hybridized carbons (Fsp3) is 0.188. The lowest BCUT2D eigenvalue weighted by atomic mass is 10.0. The van der Waals surface area contributed by atoms with Crippen molar-refractivity contribution in [3.8, 4) is 17.3 Å². The van der Waals surface area contributed by atoms with Crippen LogP contribution in [-0.2, 0) is 6.54 Å². The van der Waals surface area contributed by atoms with Gasteiger partial charge in [0.25, 0.3) is 0 Å². The van der Waals surface area contributed by atoms with E-state index in [1.165, 1.54) is 0 Å². The van der Waals surface area contributed by atoms with E-state index >= 15 is 0 Å². The lowest BCUT2D eigenvalue weighted by Crippen LogP contribution is -2.38. The van der Waals surface area contributed by atoms with E-state index in [1.807, 2.05) is 109 Å². The van der Waals surface area contributed by atoms with Gasteiger partial charge >= 0.3 is 6.03 Å². The predicted octanol–water partition coefficient (Wildman–Crippen LogP) is 6.73. The second-order valence-corrected chi connectivity index (χ2v) is 10.1. The Labute approximate surface area is 228 Å². The standard InChI is InChI=1S/C32H31N5O2/c1-21-16-22(2)18-25(17-21)33-32(38)36-20-28-23(3)34-37(26-11-6-5-7-12-26)31(28)35-15-9-14-29(35)30(36)24-10-8-13-27(19-24)39-4/h5-19,30H,20H2,1-4H3,(H,33,38)/t30-/m0/s1. The number of hydrogen-bond donors (Lipinski definition) is 1. The number of aromatic nitrogens is 3. The molecular weight excluding hydrogens is 486 g/mol. The number of rotatable bonds is 4. The van der Waals surface area contributed by atoms with Crippen LogP contribution in [0.2, 0.25) is 0 Å². The van der Waals surface area contributed by atoms with Crippen molar-refractivity contribution in [3.05, 3.63) is 125 Å². The van der Waals surface area contributed by atoms with Crippen molar-refractivity contribution >= 4 is 11.7 Å².